The van der Waals surface area contributed by atoms with Crippen molar-refractivity contribution in [2.75, 3.05) is 13.1 Å². The summed E-state index contributed by atoms with van der Waals surface area (Å²) in [6.07, 6.45) is 6.46. The molecule has 0 aliphatic carbocycles. The van der Waals surface area contributed by atoms with Crippen molar-refractivity contribution < 1.29 is 13.6 Å². The number of likely N-dealkylation sites (tertiary alicyclic amines) is 1. The average molecular weight is 305 g/mol. The maximum atomic E-state index is 12.5. The lowest BCUT2D eigenvalue weighted by atomic mass is 9.98. The summed E-state index contributed by atoms with van der Waals surface area (Å²) in [7, 11) is 0. The van der Waals surface area contributed by atoms with E-state index in [0.29, 0.717) is 18.8 Å². The largest absolute Gasteiger partial charge is 0.342 e. The number of hydrogen-bond acceptors (Lipinski definition) is 1. The molecule has 1 heterocycles. The van der Waals surface area contributed by atoms with Crippen molar-refractivity contribution in [3.8, 4) is 12.3 Å². The molecule has 1 fully saturated rings. The fourth-order valence-corrected chi connectivity index (χ4v) is 2.86. The average Bonchev–Trinajstić information content (AvgIpc) is 2.96. The van der Waals surface area contributed by atoms with E-state index in [-0.39, 0.29) is 11.5 Å². The lowest BCUT2D eigenvalue weighted by molar-refractivity contribution is -0.130. The first-order valence-electron chi connectivity index (χ1n) is 7.68. The van der Waals surface area contributed by atoms with Gasteiger partial charge in [0, 0.05) is 31.5 Å². The summed E-state index contributed by atoms with van der Waals surface area (Å²) in [5, 5.41) is 0. The van der Waals surface area contributed by atoms with E-state index in [0.717, 1.165) is 37.9 Å². The van der Waals surface area contributed by atoms with Crippen LogP contribution in [0.25, 0.3) is 0 Å². The van der Waals surface area contributed by atoms with E-state index >= 15 is 0 Å². The molecule has 1 aromatic carbocycles. The van der Waals surface area contributed by atoms with Crippen molar-refractivity contribution in [1.82, 2.24) is 4.90 Å². The summed E-state index contributed by atoms with van der Waals surface area (Å²) in [5.74, 6) is 3.13. The van der Waals surface area contributed by atoms with Gasteiger partial charge in [-0.1, -0.05) is 24.3 Å². The summed E-state index contributed by atoms with van der Waals surface area (Å²) < 4.78 is 25.0. The normalized spacial score (nSPS) is 17.7. The third-order valence-electron chi connectivity index (χ3n) is 4.11. The fraction of sp³-hybridized carbons (Fsp3) is 0.500. The number of hydrogen-bond donors (Lipinski definition) is 0. The Bertz CT molecular complexity index is 533. The van der Waals surface area contributed by atoms with Gasteiger partial charge in [-0.3, -0.25) is 4.79 Å². The number of benzene rings is 1. The maximum absolute atomic E-state index is 12.5. The van der Waals surface area contributed by atoms with E-state index in [4.69, 9.17) is 6.42 Å². The molecule has 0 saturated carbocycles. The van der Waals surface area contributed by atoms with E-state index in [1.165, 1.54) is 12.1 Å². The molecule has 2 nitrogen and oxygen atoms in total. The van der Waals surface area contributed by atoms with Gasteiger partial charge < -0.3 is 4.90 Å². The van der Waals surface area contributed by atoms with E-state index in [2.05, 4.69) is 5.92 Å². The van der Waals surface area contributed by atoms with Crippen LogP contribution in [-0.4, -0.2) is 23.9 Å². The van der Waals surface area contributed by atoms with Crippen LogP contribution in [0.15, 0.2) is 24.3 Å². The number of carbonyl (C=O) groups is 1. The second-order valence-electron chi connectivity index (χ2n) is 5.80. The molecular formula is C18H21F2NO. The van der Waals surface area contributed by atoms with Gasteiger partial charge >= 0.3 is 0 Å². The Labute approximate surface area is 130 Å². The van der Waals surface area contributed by atoms with Crippen LogP contribution in [0.3, 0.4) is 0 Å². The lowest BCUT2D eigenvalue weighted by Gasteiger charge is -2.16. The van der Waals surface area contributed by atoms with Crippen LogP contribution in [0.5, 0.6) is 0 Å². The molecule has 22 heavy (non-hydrogen) atoms. The molecule has 118 valence electrons. The Kier molecular flexibility index (Phi) is 5.94. The van der Waals surface area contributed by atoms with Crippen LogP contribution in [0, 0.1) is 18.3 Å². The first kappa shape index (κ1) is 16.5. The van der Waals surface area contributed by atoms with Crippen molar-refractivity contribution >= 4 is 5.91 Å². The second-order valence-corrected chi connectivity index (χ2v) is 5.80. The lowest BCUT2D eigenvalue weighted by Crippen LogP contribution is -2.28. The molecule has 1 aliphatic heterocycles. The minimum Gasteiger partial charge on any atom is -0.342 e. The molecule has 0 radical (unpaired) electrons. The first-order chi connectivity index (χ1) is 10.6. The summed E-state index contributed by atoms with van der Waals surface area (Å²) in [6.45, 7) is 1.54. The number of terminal acetylenes is 1. The van der Waals surface area contributed by atoms with Crippen molar-refractivity contribution in [3.05, 3.63) is 35.4 Å². The molecule has 0 N–H and O–H groups in total. The second kappa shape index (κ2) is 7.93. The number of rotatable bonds is 6. The van der Waals surface area contributed by atoms with Gasteiger partial charge in [0.25, 0.3) is 6.43 Å². The van der Waals surface area contributed by atoms with Crippen molar-refractivity contribution in [2.24, 2.45) is 5.92 Å². The van der Waals surface area contributed by atoms with Gasteiger partial charge in [-0.05, 0) is 30.7 Å². The number of carbonyl (C=O) groups excluding carboxylic acids is 1. The zero-order valence-electron chi connectivity index (χ0n) is 12.6. The first-order valence-corrected chi connectivity index (χ1v) is 7.68. The standard InChI is InChI=1S/C18H21F2NO/c1-2-3-4-5-17(22)21-11-10-15(13-21)12-14-6-8-16(9-7-14)18(19)20/h1,6-9,15,18H,3-5,10-13H2/t15-/m0/s1. The van der Waals surface area contributed by atoms with Crippen LogP contribution in [0.2, 0.25) is 0 Å². The Morgan fingerprint density at radius 1 is 1.36 bits per heavy atom. The Balaban J connectivity index is 1.81. The minimum atomic E-state index is -2.42. The molecule has 0 spiro atoms. The SMILES string of the molecule is C#CCCCC(=O)N1CC[C@@H](Cc2ccc(C(F)F)cc2)C1. The summed E-state index contributed by atoms with van der Waals surface area (Å²) >= 11 is 0. The number of alkyl halides is 2. The van der Waals surface area contributed by atoms with Gasteiger partial charge in [-0.15, -0.1) is 12.3 Å². The fourth-order valence-electron chi connectivity index (χ4n) is 2.86. The molecule has 0 bridgehead atoms. The van der Waals surface area contributed by atoms with Crippen molar-refractivity contribution in [1.29, 1.82) is 0 Å². The Hall–Kier alpha value is -1.89. The number of amides is 1. The van der Waals surface area contributed by atoms with Crippen molar-refractivity contribution in [3.63, 3.8) is 0 Å². The number of unbranched alkanes of at least 4 members (excludes halogenated alkanes) is 1. The maximum Gasteiger partial charge on any atom is 0.263 e. The van der Waals surface area contributed by atoms with Gasteiger partial charge in [0.15, 0.2) is 0 Å². The third kappa shape index (κ3) is 4.56. The molecule has 1 amide bonds. The van der Waals surface area contributed by atoms with Crippen LogP contribution in [0.4, 0.5) is 8.78 Å². The predicted molar refractivity (Wildman–Crippen MR) is 82.5 cm³/mol. The zero-order chi connectivity index (χ0) is 15.9. The van der Waals surface area contributed by atoms with Crippen LogP contribution in [0.1, 0.15) is 43.2 Å². The molecule has 1 saturated heterocycles. The molecule has 0 aromatic heterocycles. The molecule has 0 unspecified atom stereocenters. The van der Waals surface area contributed by atoms with Gasteiger partial charge in [-0.25, -0.2) is 8.78 Å². The quantitative estimate of drug-likeness (QED) is 0.578. The topological polar surface area (TPSA) is 20.3 Å². The van der Waals surface area contributed by atoms with Gasteiger partial charge in [0.1, 0.15) is 0 Å². The number of halogens is 2. The zero-order valence-corrected chi connectivity index (χ0v) is 12.6. The summed E-state index contributed by atoms with van der Waals surface area (Å²) in [4.78, 5) is 13.9. The smallest absolute Gasteiger partial charge is 0.263 e. The van der Waals surface area contributed by atoms with E-state index in [1.807, 2.05) is 4.90 Å². The van der Waals surface area contributed by atoms with Crippen molar-refractivity contribution in [2.45, 2.75) is 38.5 Å². The highest BCUT2D eigenvalue weighted by atomic mass is 19.3. The Morgan fingerprint density at radius 3 is 2.73 bits per heavy atom. The minimum absolute atomic E-state index is 0.0560. The predicted octanol–water partition coefficient (Wildman–Crippen LogP) is 3.82. The van der Waals surface area contributed by atoms with E-state index in [1.54, 1.807) is 12.1 Å². The highest BCUT2D eigenvalue weighted by molar-refractivity contribution is 5.76. The number of nitrogens with zero attached hydrogens (tertiary/aromatic N) is 1. The molecule has 2 rings (SSSR count). The van der Waals surface area contributed by atoms with Gasteiger partial charge in [0.2, 0.25) is 5.91 Å². The van der Waals surface area contributed by atoms with Crippen LogP contribution < -0.4 is 0 Å². The molecular weight excluding hydrogens is 284 g/mol. The molecule has 1 aliphatic rings. The molecule has 1 aromatic rings. The molecule has 1 atom stereocenters. The Morgan fingerprint density at radius 2 is 2.09 bits per heavy atom. The van der Waals surface area contributed by atoms with E-state index in [9.17, 15) is 13.6 Å². The summed E-state index contributed by atoms with van der Waals surface area (Å²) in [5.41, 5.74) is 1.11. The molecule has 4 heteroatoms. The van der Waals surface area contributed by atoms with E-state index < -0.39 is 6.43 Å². The van der Waals surface area contributed by atoms with Crippen LogP contribution >= 0.6 is 0 Å². The van der Waals surface area contributed by atoms with Gasteiger partial charge in [-0.2, -0.15) is 0 Å². The van der Waals surface area contributed by atoms with Gasteiger partial charge in [0.05, 0.1) is 0 Å². The third-order valence-corrected chi connectivity index (χ3v) is 4.11. The monoisotopic (exact) mass is 305 g/mol. The summed E-state index contributed by atoms with van der Waals surface area (Å²) in [6, 6.07) is 6.49. The highest BCUT2D eigenvalue weighted by Crippen LogP contribution is 2.24. The highest BCUT2D eigenvalue weighted by Gasteiger charge is 2.25. The van der Waals surface area contributed by atoms with Crippen LogP contribution in [-0.2, 0) is 11.2 Å².